The Morgan fingerprint density at radius 2 is 1.88 bits per heavy atom. The minimum atomic E-state index is -0.110. The van der Waals surface area contributed by atoms with Crippen LogP contribution in [0.3, 0.4) is 0 Å². The molecule has 6 nitrogen and oxygen atoms in total. The maximum absolute atomic E-state index is 8.69. The van der Waals surface area contributed by atoms with E-state index in [9.17, 15) is 0 Å². The van der Waals surface area contributed by atoms with Crippen LogP contribution in [-0.4, -0.2) is 30.1 Å². The maximum Gasteiger partial charge on any atom is 0.136 e. The first kappa shape index (κ1) is 24.3. The molecule has 0 unspecified atom stereocenters. The molecular weight excluding hydrogens is 430 g/mol. The predicted molar refractivity (Wildman–Crippen MR) is 140 cm³/mol. The highest BCUT2D eigenvalue weighted by Gasteiger charge is 2.17. The number of ether oxygens (including phenoxy) is 1. The molecule has 33 heavy (non-hydrogen) atoms. The molecule has 0 amide bonds. The first-order chi connectivity index (χ1) is 15.7. The minimum Gasteiger partial charge on any atom is -0.491 e. The van der Waals surface area contributed by atoms with E-state index < -0.39 is 0 Å². The highest BCUT2D eigenvalue weighted by Crippen LogP contribution is 2.27. The molecule has 0 radical (unpaired) electrons. The van der Waals surface area contributed by atoms with Gasteiger partial charge in [0.15, 0.2) is 0 Å². The molecule has 0 aliphatic heterocycles. The van der Waals surface area contributed by atoms with Crippen molar-refractivity contribution in [3.05, 3.63) is 77.5 Å². The van der Waals surface area contributed by atoms with Crippen LogP contribution in [0.4, 0.5) is 11.5 Å². The van der Waals surface area contributed by atoms with E-state index in [0.29, 0.717) is 28.5 Å². The molecular formula is C26H31N5OS. The second-order valence-electron chi connectivity index (χ2n) is 8.56. The SMILES string of the molecule is CN=CC(C)(C)c1ccc(SNc2cc(C(=N)c3cc(OC(C)C)ccc3N)ccn2)cc1. The summed E-state index contributed by atoms with van der Waals surface area (Å²) in [4.78, 5) is 9.62. The van der Waals surface area contributed by atoms with E-state index in [1.165, 1.54) is 17.5 Å². The van der Waals surface area contributed by atoms with Crippen LogP contribution in [0.25, 0.3) is 0 Å². The second kappa shape index (κ2) is 10.5. The monoisotopic (exact) mass is 461 g/mol. The van der Waals surface area contributed by atoms with Gasteiger partial charge in [-0.05, 0) is 73.8 Å². The summed E-state index contributed by atoms with van der Waals surface area (Å²) in [6.07, 6.45) is 3.69. The fourth-order valence-electron chi connectivity index (χ4n) is 3.36. The van der Waals surface area contributed by atoms with E-state index in [0.717, 1.165) is 10.5 Å². The Morgan fingerprint density at radius 1 is 1.15 bits per heavy atom. The molecule has 0 atom stereocenters. The van der Waals surface area contributed by atoms with Gasteiger partial charge in [0.25, 0.3) is 0 Å². The molecule has 0 aliphatic carbocycles. The van der Waals surface area contributed by atoms with Crippen molar-refractivity contribution < 1.29 is 4.74 Å². The quantitative estimate of drug-likeness (QED) is 0.207. The summed E-state index contributed by atoms with van der Waals surface area (Å²) < 4.78 is 9.03. The van der Waals surface area contributed by atoms with Crippen molar-refractivity contribution in [1.29, 1.82) is 5.41 Å². The molecule has 172 valence electrons. The smallest absolute Gasteiger partial charge is 0.136 e. The van der Waals surface area contributed by atoms with Crippen LogP contribution in [0.5, 0.6) is 5.75 Å². The molecule has 0 fully saturated rings. The molecule has 0 saturated heterocycles. The number of hydrogen-bond acceptors (Lipinski definition) is 7. The molecule has 2 aromatic carbocycles. The molecule has 7 heteroatoms. The van der Waals surface area contributed by atoms with Gasteiger partial charge in [0.2, 0.25) is 0 Å². The third kappa shape index (κ3) is 6.35. The molecule has 0 saturated carbocycles. The third-order valence-corrected chi connectivity index (χ3v) is 5.86. The molecule has 0 spiro atoms. The van der Waals surface area contributed by atoms with Crippen molar-refractivity contribution in [2.45, 2.75) is 44.1 Å². The van der Waals surface area contributed by atoms with E-state index in [1.54, 1.807) is 25.4 Å². The lowest BCUT2D eigenvalue weighted by Gasteiger charge is -2.20. The summed E-state index contributed by atoms with van der Waals surface area (Å²) in [6.45, 7) is 8.21. The van der Waals surface area contributed by atoms with E-state index in [4.69, 9.17) is 15.9 Å². The van der Waals surface area contributed by atoms with Crippen LogP contribution in [0, 0.1) is 5.41 Å². The summed E-state index contributed by atoms with van der Waals surface area (Å²) in [5.74, 6) is 1.36. The van der Waals surface area contributed by atoms with Crippen molar-refractivity contribution in [3.8, 4) is 5.75 Å². The number of pyridine rings is 1. The number of nitrogens with one attached hydrogen (secondary N) is 2. The van der Waals surface area contributed by atoms with Gasteiger partial charge in [-0.15, -0.1) is 0 Å². The lowest BCUT2D eigenvalue weighted by molar-refractivity contribution is 0.242. The van der Waals surface area contributed by atoms with Gasteiger partial charge in [-0.1, -0.05) is 26.0 Å². The molecule has 3 rings (SSSR count). The number of anilines is 2. The Hall–Kier alpha value is -3.32. The van der Waals surface area contributed by atoms with E-state index in [1.807, 2.05) is 38.3 Å². The molecule has 1 heterocycles. The van der Waals surface area contributed by atoms with Gasteiger partial charge in [0.1, 0.15) is 11.6 Å². The number of nitrogens with zero attached hydrogens (tertiary/aromatic N) is 2. The van der Waals surface area contributed by atoms with E-state index in [2.05, 4.69) is 52.8 Å². The number of aliphatic imine (C=N–C) groups is 1. The first-order valence-electron chi connectivity index (χ1n) is 10.8. The topological polar surface area (TPSA) is 96.4 Å². The lowest BCUT2D eigenvalue weighted by atomic mass is 9.86. The number of aromatic nitrogens is 1. The average Bonchev–Trinajstić information content (AvgIpc) is 2.78. The van der Waals surface area contributed by atoms with Gasteiger partial charge in [0.05, 0.1) is 11.8 Å². The average molecular weight is 462 g/mol. The zero-order valence-electron chi connectivity index (χ0n) is 19.7. The van der Waals surface area contributed by atoms with E-state index >= 15 is 0 Å². The lowest BCUT2D eigenvalue weighted by Crippen LogP contribution is -2.18. The third-order valence-electron chi connectivity index (χ3n) is 5.04. The molecule has 0 bridgehead atoms. The van der Waals surface area contributed by atoms with Crippen molar-refractivity contribution in [2.24, 2.45) is 4.99 Å². The number of nitrogens with two attached hydrogens (primary N) is 1. The van der Waals surface area contributed by atoms with E-state index in [-0.39, 0.29) is 11.5 Å². The zero-order valence-corrected chi connectivity index (χ0v) is 20.5. The number of benzene rings is 2. The van der Waals surface area contributed by atoms with Gasteiger partial charge in [-0.2, -0.15) is 0 Å². The highest BCUT2D eigenvalue weighted by molar-refractivity contribution is 8.00. The summed E-state index contributed by atoms with van der Waals surface area (Å²) in [6, 6.07) is 17.4. The molecule has 0 aliphatic rings. The van der Waals surface area contributed by atoms with Gasteiger partial charge < -0.3 is 15.2 Å². The Labute approximate surface area is 200 Å². The Bertz CT molecular complexity index is 1140. The fourth-order valence-corrected chi connectivity index (χ4v) is 3.96. The largest absolute Gasteiger partial charge is 0.491 e. The Morgan fingerprint density at radius 3 is 2.55 bits per heavy atom. The predicted octanol–water partition coefficient (Wildman–Crippen LogP) is 5.96. The Kier molecular flexibility index (Phi) is 7.76. The number of rotatable bonds is 9. The van der Waals surface area contributed by atoms with Crippen molar-refractivity contribution in [3.63, 3.8) is 0 Å². The van der Waals surface area contributed by atoms with Crippen LogP contribution in [-0.2, 0) is 5.41 Å². The normalized spacial score (nSPS) is 11.7. The minimum absolute atomic E-state index is 0.0457. The summed E-state index contributed by atoms with van der Waals surface area (Å²) >= 11 is 1.47. The number of nitrogen functional groups attached to an aromatic ring is 1. The summed E-state index contributed by atoms with van der Waals surface area (Å²) in [7, 11) is 1.79. The van der Waals surface area contributed by atoms with Gasteiger partial charge in [0, 0.05) is 46.6 Å². The standard InChI is InChI=1S/C26H31N5OS/c1-17(2)32-20-8-11-23(27)22(15-20)25(28)18-12-13-30-24(14-18)31-33-21-9-6-19(7-10-21)26(3,4)16-29-5/h6-17,28H,27H2,1-5H3,(H,30,31). The maximum atomic E-state index is 8.69. The molecule has 1 aromatic heterocycles. The highest BCUT2D eigenvalue weighted by atomic mass is 32.2. The zero-order chi connectivity index (χ0) is 24.0. The van der Waals surface area contributed by atoms with Crippen molar-refractivity contribution in [2.75, 3.05) is 17.5 Å². The van der Waals surface area contributed by atoms with Crippen molar-refractivity contribution >= 4 is 35.4 Å². The summed E-state index contributed by atoms with van der Waals surface area (Å²) in [5, 5.41) is 8.69. The first-order valence-corrected chi connectivity index (χ1v) is 11.6. The van der Waals surface area contributed by atoms with Gasteiger partial charge >= 0.3 is 0 Å². The Balaban J connectivity index is 1.72. The summed E-state index contributed by atoms with van der Waals surface area (Å²) in [5.41, 5.74) is 9.45. The van der Waals surface area contributed by atoms with Crippen LogP contribution >= 0.6 is 11.9 Å². The number of hydrogen-bond donors (Lipinski definition) is 3. The van der Waals surface area contributed by atoms with Crippen LogP contribution < -0.4 is 15.2 Å². The van der Waals surface area contributed by atoms with Crippen LogP contribution in [0.1, 0.15) is 44.4 Å². The molecule has 3 aromatic rings. The molecule has 4 N–H and O–H groups in total. The van der Waals surface area contributed by atoms with Gasteiger partial charge in [-0.3, -0.25) is 10.4 Å². The van der Waals surface area contributed by atoms with Crippen molar-refractivity contribution in [1.82, 2.24) is 4.98 Å². The van der Waals surface area contributed by atoms with Gasteiger partial charge in [-0.25, -0.2) is 4.98 Å². The fraction of sp³-hybridized carbons (Fsp3) is 0.269. The van der Waals surface area contributed by atoms with Crippen LogP contribution in [0.15, 0.2) is 70.7 Å². The second-order valence-corrected chi connectivity index (χ2v) is 9.44. The van der Waals surface area contributed by atoms with Crippen LogP contribution in [0.2, 0.25) is 0 Å².